The highest BCUT2D eigenvalue weighted by Crippen LogP contribution is 2.29. The Kier molecular flexibility index (Phi) is 5.08. The van der Waals surface area contributed by atoms with Gasteiger partial charge >= 0.3 is 0 Å². The monoisotopic (exact) mass is 413 g/mol. The summed E-state index contributed by atoms with van der Waals surface area (Å²) >= 11 is 0. The highest BCUT2D eigenvalue weighted by atomic mass is 16.7. The number of rotatable bonds is 6. The van der Waals surface area contributed by atoms with Crippen molar-refractivity contribution in [1.82, 2.24) is 15.7 Å². The average molecular weight is 413 g/mol. The number of ether oxygens (including phenoxy) is 2. The first-order chi connectivity index (χ1) is 15.2. The molecule has 0 saturated heterocycles. The maximum atomic E-state index is 5.86. The molecule has 1 aliphatic heterocycles. The molecular formula is C24H19N3O4. The molecule has 154 valence electrons. The fourth-order valence-electron chi connectivity index (χ4n) is 3.10. The van der Waals surface area contributed by atoms with Gasteiger partial charge in [-0.15, -0.1) is 10.2 Å². The van der Waals surface area contributed by atoms with E-state index < -0.39 is 0 Å². The van der Waals surface area contributed by atoms with Crippen LogP contribution >= 0.6 is 0 Å². The van der Waals surface area contributed by atoms with Gasteiger partial charge in [0, 0.05) is 18.6 Å². The van der Waals surface area contributed by atoms with E-state index in [1.165, 1.54) is 0 Å². The standard InChI is InChI=1S/C24H19N3O4/c1-16-25-26-24(28-16)18-9-13-21(14-10-18)30-23-15-22(31-27-23)17-7-11-20(12-8-17)29-19-5-3-2-4-6-19/h2-15,22,27H,1H3/t22-/m0/s1. The van der Waals surface area contributed by atoms with E-state index >= 15 is 0 Å². The van der Waals surface area contributed by atoms with Crippen molar-refractivity contribution in [3.8, 4) is 28.7 Å². The fraction of sp³-hybridized carbons (Fsp3) is 0.0833. The quantitative estimate of drug-likeness (QED) is 0.457. The Morgan fingerprint density at radius 3 is 2.16 bits per heavy atom. The van der Waals surface area contributed by atoms with Crippen LogP contribution in [0.3, 0.4) is 0 Å². The molecule has 1 atom stereocenters. The van der Waals surface area contributed by atoms with E-state index in [2.05, 4.69) is 15.7 Å². The van der Waals surface area contributed by atoms with Gasteiger partial charge in [0.1, 0.15) is 23.4 Å². The van der Waals surface area contributed by atoms with Crippen LogP contribution in [0, 0.1) is 6.92 Å². The van der Waals surface area contributed by atoms with Gasteiger partial charge in [-0.05, 0) is 54.1 Å². The highest BCUT2D eigenvalue weighted by Gasteiger charge is 2.20. The summed E-state index contributed by atoms with van der Waals surface area (Å²) in [4.78, 5) is 5.64. The highest BCUT2D eigenvalue weighted by molar-refractivity contribution is 5.54. The van der Waals surface area contributed by atoms with E-state index in [1.54, 1.807) is 6.92 Å². The molecule has 0 bridgehead atoms. The second-order valence-corrected chi connectivity index (χ2v) is 6.91. The summed E-state index contributed by atoms with van der Waals surface area (Å²) in [5.74, 6) is 3.75. The lowest BCUT2D eigenvalue weighted by Crippen LogP contribution is -2.12. The molecule has 2 heterocycles. The van der Waals surface area contributed by atoms with E-state index in [1.807, 2.05) is 84.9 Å². The average Bonchev–Trinajstić information content (AvgIpc) is 3.45. The number of para-hydroxylation sites is 1. The van der Waals surface area contributed by atoms with Gasteiger partial charge in [-0.1, -0.05) is 30.3 Å². The van der Waals surface area contributed by atoms with Crippen molar-refractivity contribution >= 4 is 0 Å². The summed E-state index contributed by atoms with van der Waals surface area (Å²) in [6.45, 7) is 1.76. The minimum absolute atomic E-state index is 0.263. The number of hydroxylamine groups is 1. The van der Waals surface area contributed by atoms with Gasteiger partial charge in [-0.25, -0.2) is 5.48 Å². The first-order valence-electron chi connectivity index (χ1n) is 9.78. The molecule has 0 aliphatic carbocycles. The van der Waals surface area contributed by atoms with E-state index in [0.29, 0.717) is 23.4 Å². The molecule has 31 heavy (non-hydrogen) atoms. The van der Waals surface area contributed by atoms with Crippen molar-refractivity contribution in [3.05, 3.63) is 102 Å². The molecule has 0 unspecified atom stereocenters. The maximum Gasteiger partial charge on any atom is 0.247 e. The first-order valence-corrected chi connectivity index (χ1v) is 9.78. The SMILES string of the molecule is Cc1nnc(-c2ccc(OC3=C[C@@H](c4ccc(Oc5ccccc5)cc4)ON3)cc2)o1. The molecule has 7 heteroatoms. The Balaban J connectivity index is 1.22. The van der Waals surface area contributed by atoms with Gasteiger partial charge in [0.2, 0.25) is 17.7 Å². The zero-order valence-electron chi connectivity index (χ0n) is 16.7. The third-order valence-corrected chi connectivity index (χ3v) is 4.63. The second-order valence-electron chi connectivity index (χ2n) is 6.91. The lowest BCUT2D eigenvalue weighted by molar-refractivity contribution is 0.0273. The number of hydrogen-bond acceptors (Lipinski definition) is 7. The lowest BCUT2D eigenvalue weighted by Gasteiger charge is -2.09. The van der Waals surface area contributed by atoms with Gasteiger partial charge in [-0.3, -0.25) is 4.84 Å². The van der Waals surface area contributed by atoms with Crippen LogP contribution in [0.1, 0.15) is 17.6 Å². The predicted molar refractivity (Wildman–Crippen MR) is 113 cm³/mol. The van der Waals surface area contributed by atoms with Gasteiger partial charge in [0.15, 0.2) is 0 Å². The molecule has 0 saturated carbocycles. The minimum Gasteiger partial charge on any atom is -0.457 e. The van der Waals surface area contributed by atoms with E-state index in [-0.39, 0.29) is 6.10 Å². The van der Waals surface area contributed by atoms with E-state index in [9.17, 15) is 0 Å². The predicted octanol–water partition coefficient (Wildman–Crippen LogP) is 5.33. The third-order valence-electron chi connectivity index (χ3n) is 4.63. The molecule has 0 radical (unpaired) electrons. The second kappa shape index (κ2) is 8.33. The normalized spacial score (nSPS) is 15.3. The van der Waals surface area contributed by atoms with Crippen molar-refractivity contribution in [2.24, 2.45) is 0 Å². The Morgan fingerprint density at radius 1 is 0.774 bits per heavy atom. The summed E-state index contributed by atoms with van der Waals surface area (Å²) in [6, 6.07) is 24.8. The summed E-state index contributed by atoms with van der Waals surface area (Å²) in [6.07, 6.45) is 1.61. The molecule has 3 aromatic carbocycles. The topological polar surface area (TPSA) is 78.6 Å². The van der Waals surface area contributed by atoms with Gasteiger partial charge in [0.25, 0.3) is 0 Å². The third kappa shape index (κ3) is 4.41. The van der Waals surface area contributed by atoms with Crippen molar-refractivity contribution in [3.63, 3.8) is 0 Å². The maximum absolute atomic E-state index is 5.86. The lowest BCUT2D eigenvalue weighted by atomic mass is 10.1. The van der Waals surface area contributed by atoms with Crippen LogP contribution < -0.4 is 15.0 Å². The zero-order chi connectivity index (χ0) is 21.0. The molecular weight excluding hydrogens is 394 g/mol. The molecule has 0 amide bonds. The van der Waals surface area contributed by atoms with Crippen LogP contribution in [0.2, 0.25) is 0 Å². The van der Waals surface area contributed by atoms with Gasteiger partial charge < -0.3 is 13.9 Å². The minimum atomic E-state index is -0.263. The molecule has 1 aromatic heterocycles. The van der Waals surface area contributed by atoms with Crippen LogP contribution in [-0.2, 0) is 4.84 Å². The van der Waals surface area contributed by atoms with E-state index in [4.69, 9.17) is 18.7 Å². The Hall–Kier alpha value is -4.10. The van der Waals surface area contributed by atoms with Crippen LogP contribution in [0.5, 0.6) is 17.2 Å². The van der Waals surface area contributed by atoms with Crippen molar-refractivity contribution in [1.29, 1.82) is 0 Å². The van der Waals surface area contributed by atoms with Crippen molar-refractivity contribution in [2.45, 2.75) is 13.0 Å². The number of hydrogen-bond donors (Lipinski definition) is 1. The van der Waals surface area contributed by atoms with E-state index in [0.717, 1.165) is 22.6 Å². The Morgan fingerprint density at radius 2 is 1.45 bits per heavy atom. The Bertz CT molecular complexity index is 1190. The molecule has 1 aliphatic rings. The first kappa shape index (κ1) is 18.9. The molecule has 5 rings (SSSR count). The van der Waals surface area contributed by atoms with Crippen LogP contribution in [0.25, 0.3) is 11.5 Å². The largest absolute Gasteiger partial charge is 0.457 e. The van der Waals surface area contributed by atoms with Crippen molar-refractivity contribution < 1.29 is 18.7 Å². The van der Waals surface area contributed by atoms with Crippen LogP contribution in [0.15, 0.2) is 95.2 Å². The Labute approximate surface area is 178 Å². The zero-order valence-corrected chi connectivity index (χ0v) is 16.7. The molecule has 7 nitrogen and oxygen atoms in total. The number of nitrogens with zero attached hydrogens (tertiary/aromatic N) is 2. The van der Waals surface area contributed by atoms with Crippen LogP contribution in [0.4, 0.5) is 0 Å². The summed E-state index contributed by atoms with van der Waals surface area (Å²) in [5, 5.41) is 7.85. The number of nitrogens with one attached hydrogen (secondary N) is 1. The summed E-state index contributed by atoms with van der Waals surface area (Å²) in [5.41, 5.74) is 4.63. The van der Waals surface area contributed by atoms with Gasteiger partial charge in [-0.2, -0.15) is 0 Å². The number of benzene rings is 3. The molecule has 1 N–H and O–H groups in total. The molecule has 4 aromatic rings. The molecule has 0 spiro atoms. The van der Waals surface area contributed by atoms with Gasteiger partial charge in [0.05, 0.1) is 0 Å². The summed E-state index contributed by atoms with van der Waals surface area (Å²) < 4.78 is 17.1. The number of aromatic nitrogens is 2. The fourth-order valence-corrected chi connectivity index (χ4v) is 3.10. The smallest absolute Gasteiger partial charge is 0.247 e. The number of aryl methyl sites for hydroxylation is 1. The molecule has 0 fully saturated rings. The van der Waals surface area contributed by atoms with Crippen molar-refractivity contribution in [2.75, 3.05) is 0 Å². The van der Waals surface area contributed by atoms with Crippen LogP contribution in [-0.4, -0.2) is 10.2 Å². The summed E-state index contributed by atoms with van der Waals surface area (Å²) in [7, 11) is 0.